The van der Waals surface area contributed by atoms with Crippen molar-refractivity contribution >= 4 is 33.0 Å². The summed E-state index contributed by atoms with van der Waals surface area (Å²) in [6, 6.07) is 13.7. The molecule has 7 nitrogen and oxygen atoms in total. The van der Waals surface area contributed by atoms with Gasteiger partial charge in [-0.1, -0.05) is 31.2 Å². The van der Waals surface area contributed by atoms with Crippen LogP contribution < -0.4 is 15.4 Å². The van der Waals surface area contributed by atoms with Gasteiger partial charge in [0.25, 0.3) is 0 Å². The maximum atomic E-state index is 12.7. The van der Waals surface area contributed by atoms with Crippen LogP contribution in [0.15, 0.2) is 48.5 Å². The Labute approximate surface area is 165 Å². The number of hydrogen-bond acceptors (Lipinski definition) is 5. The zero-order valence-electron chi connectivity index (χ0n) is 16.1. The third kappa shape index (κ3) is 5.56. The Morgan fingerprint density at radius 2 is 1.79 bits per heavy atom. The molecular formula is C20H24N2O5S. The Morgan fingerprint density at radius 1 is 1.07 bits per heavy atom. The second-order valence-electron chi connectivity index (χ2n) is 6.31. The van der Waals surface area contributed by atoms with Gasteiger partial charge in [-0.2, -0.15) is 0 Å². The molecule has 0 saturated carbocycles. The molecule has 0 heterocycles. The van der Waals surface area contributed by atoms with Crippen LogP contribution >= 0.6 is 0 Å². The number of nitrogens with one attached hydrogen (secondary N) is 2. The fourth-order valence-corrected chi connectivity index (χ4v) is 4.30. The lowest BCUT2D eigenvalue weighted by Gasteiger charge is -2.16. The van der Waals surface area contributed by atoms with Crippen molar-refractivity contribution in [3.05, 3.63) is 54.1 Å². The molecule has 0 aliphatic heterocycles. The summed E-state index contributed by atoms with van der Waals surface area (Å²) in [6.45, 7) is 3.46. The van der Waals surface area contributed by atoms with Gasteiger partial charge >= 0.3 is 0 Å². The summed E-state index contributed by atoms with van der Waals surface area (Å²) in [7, 11) is -2.56. The van der Waals surface area contributed by atoms with E-state index in [1.165, 1.54) is 7.11 Å². The molecule has 0 bridgehead atoms. The van der Waals surface area contributed by atoms with Crippen molar-refractivity contribution in [3.63, 3.8) is 0 Å². The molecule has 1 atom stereocenters. The summed E-state index contributed by atoms with van der Waals surface area (Å²) >= 11 is 0. The van der Waals surface area contributed by atoms with Gasteiger partial charge in [0, 0.05) is 5.69 Å². The summed E-state index contributed by atoms with van der Waals surface area (Å²) in [5.74, 6) is -1.77. The average Bonchev–Trinajstić information content (AvgIpc) is 2.61. The number of carbonyl (C=O) groups is 2. The van der Waals surface area contributed by atoms with E-state index in [2.05, 4.69) is 10.6 Å². The molecule has 0 aromatic heterocycles. The minimum atomic E-state index is -4.01. The molecule has 0 radical (unpaired) electrons. The number of anilines is 2. The van der Waals surface area contributed by atoms with Crippen LogP contribution in [0.5, 0.6) is 5.75 Å². The first-order valence-electron chi connectivity index (χ1n) is 8.78. The number of hydrogen-bond donors (Lipinski definition) is 2. The van der Waals surface area contributed by atoms with E-state index in [1.54, 1.807) is 49.4 Å². The Morgan fingerprint density at radius 3 is 2.43 bits per heavy atom. The molecule has 28 heavy (non-hydrogen) atoms. The van der Waals surface area contributed by atoms with E-state index in [4.69, 9.17) is 4.74 Å². The van der Waals surface area contributed by atoms with Crippen molar-refractivity contribution in [2.24, 2.45) is 0 Å². The quantitative estimate of drug-likeness (QED) is 0.704. The van der Waals surface area contributed by atoms with E-state index < -0.39 is 32.7 Å². The lowest BCUT2D eigenvalue weighted by molar-refractivity contribution is -0.115. The van der Waals surface area contributed by atoms with Gasteiger partial charge in [0.15, 0.2) is 9.84 Å². The molecule has 0 fully saturated rings. The Balaban J connectivity index is 2.09. The summed E-state index contributed by atoms with van der Waals surface area (Å²) in [6.07, 6.45) is 0.0575. The lowest BCUT2D eigenvalue weighted by atomic mass is 10.2. The average molecular weight is 404 g/mol. The van der Waals surface area contributed by atoms with Crippen LogP contribution in [-0.4, -0.2) is 38.3 Å². The molecule has 2 amide bonds. The van der Waals surface area contributed by atoms with Gasteiger partial charge in [-0.25, -0.2) is 8.42 Å². The third-order valence-electron chi connectivity index (χ3n) is 4.10. The van der Waals surface area contributed by atoms with Gasteiger partial charge < -0.3 is 15.4 Å². The van der Waals surface area contributed by atoms with Crippen molar-refractivity contribution < 1.29 is 22.7 Å². The maximum absolute atomic E-state index is 12.7. The second-order valence-corrected chi connectivity index (χ2v) is 8.49. The van der Waals surface area contributed by atoms with Crippen molar-refractivity contribution in [1.82, 2.24) is 0 Å². The first-order chi connectivity index (χ1) is 13.3. The fourth-order valence-electron chi connectivity index (χ4n) is 2.77. The van der Waals surface area contributed by atoms with Crippen molar-refractivity contribution in [3.8, 4) is 5.75 Å². The van der Waals surface area contributed by atoms with Crippen LogP contribution in [0.4, 0.5) is 11.4 Å². The van der Waals surface area contributed by atoms with Gasteiger partial charge in [0.05, 0.1) is 12.8 Å². The molecule has 0 spiro atoms. The Kier molecular flexibility index (Phi) is 7.17. The van der Waals surface area contributed by atoms with E-state index in [0.29, 0.717) is 17.1 Å². The Bertz CT molecular complexity index is 957. The molecule has 2 aromatic carbocycles. The normalized spacial score (nSPS) is 12.1. The number of carbonyl (C=O) groups excluding carboxylic acids is 2. The van der Waals surface area contributed by atoms with Crippen molar-refractivity contribution in [2.45, 2.75) is 25.5 Å². The smallest absolute Gasteiger partial charge is 0.242 e. The maximum Gasteiger partial charge on any atom is 0.242 e. The van der Waals surface area contributed by atoms with Gasteiger partial charge in [-0.05, 0) is 43.2 Å². The minimum Gasteiger partial charge on any atom is -0.495 e. The van der Waals surface area contributed by atoms with Crippen LogP contribution in [0, 0.1) is 6.92 Å². The van der Waals surface area contributed by atoms with Gasteiger partial charge in [-0.15, -0.1) is 0 Å². The summed E-state index contributed by atoms with van der Waals surface area (Å²) in [5.41, 5.74) is 1.81. The molecule has 2 rings (SSSR count). The predicted molar refractivity (Wildman–Crippen MR) is 109 cm³/mol. The molecule has 1 unspecified atom stereocenters. The molecule has 0 aliphatic rings. The molecular weight excluding hydrogens is 380 g/mol. The number of methoxy groups -OCH3 is 1. The predicted octanol–water partition coefficient (Wildman–Crippen LogP) is 2.77. The first-order valence-corrected chi connectivity index (χ1v) is 10.5. The highest BCUT2D eigenvalue weighted by Gasteiger charge is 2.33. The molecule has 2 aromatic rings. The van der Waals surface area contributed by atoms with Crippen LogP contribution in [0.3, 0.4) is 0 Å². The number of benzene rings is 2. The number of rotatable bonds is 8. The highest BCUT2D eigenvalue weighted by Crippen LogP contribution is 2.23. The topological polar surface area (TPSA) is 102 Å². The van der Waals surface area contributed by atoms with E-state index >= 15 is 0 Å². The Hall–Kier alpha value is -2.87. The van der Waals surface area contributed by atoms with Gasteiger partial charge in [-0.3, -0.25) is 9.59 Å². The number of amides is 2. The highest BCUT2D eigenvalue weighted by molar-refractivity contribution is 7.93. The van der Waals surface area contributed by atoms with Gasteiger partial charge in [0.1, 0.15) is 16.8 Å². The first kappa shape index (κ1) is 21.4. The van der Waals surface area contributed by atoms with Crippen LogP contribution in [0.1, 0.15) is 18.9 Å². The van der Waals surface area contributed by atoms with Crippen LogP contribution in [-0.2, 0) is 19.4 Å². The molecule has 150 valence electrons. The molecule has 2 N–H and O–H groups in total. The van der Waals surface area contributed by atoms with Gasteiger partial charge in [0.2, 0.25) is 11.8 Å². The molecule has 8 heteroatoms. The number of aryl methyl sites for hydroxylation is 1. The van der Waals surface area contributed by atoms with E-state index in [-0.39, 0.29) is 6.42 Å². The van der Waals surface area contributed by atoms with Crippen LogP contribution in [0.25, 0.3) is 0 Å². The fraction of sp³-hybridized carbons (Fsp3) is 0.300. The lowest BCUT2D eigenvalue weighted by Crippen LogP contribution is -2.39. The number of para-hydroxylation sites is 2. The summed E-state index contributed by atoms with van der Waals surface area (Å²) < 4.78 is 30.5. The number of sulfone groups is 1. The molecule has 0 saturated heterocycles. The van der Waals surface area contributed by atoms with Crippen molar-refractivity contribution in [1.29, 1.82) is 0 Å². The standard InChI is InChI=1S/C20H24N2O5S/c1-4-18(20(24)21-15-9-7-8-14(2)12-15)28(25,26)13-19(23)22-16-10-5-6-11-17(16)27-3/h5-12,18H,4,13H2,1-3H3,(H,21,24)(H,22,23). The largest absolute Gasteiger partial charge is 0.495 e. The summed E-state index contributed by atoms with van der Waals surface area (Å²) in [5, 5.41) is 3.81. The zero-order valence-corrected chi connectivity index (χ0v) is 16.9. The van der Waals surface area contributed by atoms with Crippen molar-refractivity contribution in [2.75, 3.05) is 23.5 Å². The van der Waals surface area contributed by atoms with E-state index in [9.17, 15) is 18.0 Å². The minimum absolute atomic E-state index is 0.0575. The SMILES string of the molecule is CCC(C(=O)Nc1cccc(C)c1)S(=O)(=O)CC(=O)Nc1ccccc1OC. The van der Waals surface area contributed by atoms with E-state index in [1.807, 2.05) is 13.0 Å². The second kappa shape index (κ2) is 9.36. The summed E-state index contributed by atoms with van der Waals surface area (Å²) in [4.78, 5) is 24.8. The van der Waals surface area contributed by atoms with E-state index in [0.717, 1.165) is 5.56 Å². The molecule has 0 aliphatic carbocycles. The monoisotopic (exact) mass is 404 g/mol. The third-order valence-corrected chi connectivity index (χ3v) is 6.17. The van der Waals surface area contributed by atoms with Crippen LogP contribution in [0.2, 0.25) is 0 Å². The zero-order chi connectivity index (χ0) is 20.7. The highest BCUT2D eigenvalue weighted by atomic mass is 32.2. The number of ether oxygens (including phenoxy) is 1.